The zero-order chi connectivity index (χ0) is 14.7. The zero-order valence-electron chi connectivity index (χ0n) is 12.0. The Morgan fingerprint density at radius 2 is 2.15 bits per heavy atom. The van der Waals surface area contributed by atoms with Crippen molar-refractivity contribution in [3.8, 4) is 5.75 Å². The van der Waals surface area contributed by atoms with E-state index in [4.69, 9.17) is 0 Å². The topological polar surface area (TPSA) is 43.8 Å². The van der Waals surface area contributed by atoms with Crippen molar-refractivity contribution in [3.63, 3.8) is 0 Å². The van der Waals surface area contributed by atoms with Crippen molar-refractivity contribution in [1.82, 2.24) is 9.80 Å². The van der Waals surface area contributed by atoms with Gasteiger partial charge < -0.3 is 10.0 Å². The third-order valence-electron chi connectivity index (χ3n) is 3.97. The minimum atomic E-state index is -0.0596. The van der Waals surface area contributed by atoms with Crippen LogP contribution in [0.2, 0.25) is 0 Å². The molecule has 4 nitrogen and oxygen atoms in total. The molecule has 1 saturated heterocycles. The maximum Gasteiger partial charge on any atom is 0.257 e. The van der Waals surface area contributed by atoms with Crippen LogP contribution in [0.4, 0.5) is 0 Å². The number of rotatable bonds is 4. The number of likely N-dealkylation sites (tertiary alicyclic amines) is 1. The van der Waals surface area contributed by atoms with Gasteiger partial charge in [-0.1, -0.05) is 13.8 Å². The lowest BCUT2D eigenvalue weighted by Gasteiger charge is -2.26. The Morgan fingerprint density at radius 3 is 2.80 bits per heavy atom. The summed E-state index contributed by atoms with van der Waals surface area (Å²) in [6, 6.07) is 5.59. The third kappa shape index (κ3) is 3.25. The SMILES string of the molecule is CCN(CC)C1CCN(C(=O)c2cc(I)ccc2O)C1. The van der Waals surface area contributed by atoms with Gasteiger partial charge in [0.25, 0.3) is 5.91 Å². The average molecular weight is 388 g/mol. The van der Waals surface area contributed by atoms with Gasteiger partial charge in [-0.15, -0.1) is 0 Å². The normalized spacial score (nSPS) is 18.8. The fourth-order valence-corrected chi connectivity index (χ4v) is 3.31. The van der Waals surface area contributed by atoms with Gasteiger partial charge in [0.15, 0.2) is 0 Å². The first-order valence-corrected chi connectivity index (χ1v) is 8.16. The van der Waals surface area contributed by atoms with Crippen LogP contribution in [0.3, 0.4) is 0 Å². The van der Waals surface area contributed by atoms with Crippen LogP contribution < -0.4 is 0 Å². The lowest BCUT2D eigenvalue weighted by molar-refractivity contribution is 0.0775. The summed E-state index contributed by atoms with van der Waals surface area (Å²) in [4.78, 5) is 16.8. The Balaban J connectivity index is 2.10. The maximum absolute atomic E-state index is 12.5. The minimum Gasteiger partial charge on any atom is -0.507 e. The third-order valence-corrected chi connectivity index (χ3v) is 4.64. The Labute approximate surface area is 133 Å². The van der Waals surface area contributed by atoms with Gasteiger partial charge >= 0.3 is 0 Å². The monoisotopic (exact) mass is 388 g/mol. The minimum absolute atomic E-state index is 0.0596. The number of likely N-dealkylation sites (N-methyl/N-ethyl adjacent to an activating group) is 1. The number of phenolic OH excluding ortho intramolecular Hbond substituents is 1. The van der Waals surface area contributed by atoms with Crippen LogP contribution in [0.1, 0.15) is 30.6 Å². The highest BCUT2D eigenvalue weighted by Gasteiger charge is 2.30. The van der Waals surface area contributed by atoms with E-state index in [1.54, 1.807) is 18.2 Å². The molecule has 0 saturated carbocycles. The Morgan fingerprint density at radius 1 is 1.45 bits per heavy atom. The van der Waals surface area contributed by atoms with E-state index in [1.807, 2.05) is 4.90 Å². The number of amides is 1. The molecule has 0 radical (unpaired) electrons. The largest absolute Gasteiger partial charge is 0.507 e. The van der Waals surface area contributed by atoms with Gasteiger partial charge in [0.2, 0.25) is 0 Å². The van der Waals surface area contributed by atoms with Crippen molar-refractivity contribution in [3.05, 3.63) is 27.3 Å². The molecule has 0 bridgehead atoms. The van der Waals surface area contributed by atoms with E-state index in [-0.39, 0.29) is 11.7 Å². The lowest BCUT2D eigenvalue weighted by atomic mass is 10.2. The highest BCUT2D eigenvalue weighted by molar-refractivity contribution is 14.1. The quantitative estimate of drug-likeness (QED) is 0.807. The van der Waals surface area contributed by atoms with E-state index in [2.05, 4.69) is 41.3 Å². The fraction of sp³-hybridized carbons (Fsp3) is 0.533. The van der Waals surface area contributed by atoms with Crippen LogP contribution in [0, 0.1) is 3.57 Å². The molecule has 20 heavy (non-hydrogen) atoms. The summed E-state index contributed by atoms with van der Waals surface area (Å²) in [5, 5.41) is 9.87. The van der Waals surface area contributed by atoms with E-state index in [9.17, 15) is 9.90 Å². The van der Waals surface area contributed by atoms with Crippen LogP contribution in [-0.2, 0) is 0 Å². The molecule has 0 spiro atoms. The molecule has 2 rings (SSSR count). The summed E-state index contributed by atoms with van der Waals surface area (Å²) < 4.78 is 0.961. The first kappa shape index (κ1) is 15.6. The average Bonchev–Trinajstić information content (AvgIpc) is 2.92. The van der Waals surface area contributed by atoms with Crippen LogP contribution in [0.25, 0.3) is 0 Å². The van der Waals surface area contributed by atoms with Crippen LogP contribution >= 0.6 is 22.6 Å². The lowest BCUT2D eigenvalue weighted by Crippen LogP contribution is -2.38. The number of hydrogen-bond donors (Lipinski definition) is 1. The number of carbonyl (C=O) groups is 1. The molecule has 1 aliphatic rings. The summed E-state index contributed by atoms with van der Waals surface area (Å²) >= 11 is 2.16. The number of benzene rings is 1. The summed E-state index contributed by atoms with van der Waals surface area (Å²) in [7, 11) is 0. The van der Waals surface area contributed by atoms with Crippen LogP contribution in [0.5, 0.6) is 5.75 Å². The Kier molecular flexibility index (Phi) is 5.26. The van der Waals surface area contributed by atoms with Gasteiger partial charge in [-0.25, -0.2) is 0 Å². The van der Waals surface area contributed by atoms with Gasteiger partial charge in [0.05, 0.1) is 5.56 Å². The van der Waals surface area contributed by atoms with Gasteiger partial charge in [0.1, 0.15) is 5.75 Å². The molecule has 0 aliphatic carbocycles. The standard InChI is InChI=1S/C15H21IN2O2/c1-3-17(4-2)12-7-8-18(10-12)15(20)13-9-11(16)5-6-14(13)19/h5-6,9,12,19H,3-4,7-8,10H2,1-2H3. The molecule has 1 atom stereocenters. The van der Waals surface area contributed by atoms with Gasteiger partial charge in [-0.2, -0.15) is 0 Å². The maximum atomic E-state index is 12.5. The van der Waals surface area contributed by atoms with E-state index < -0.39 is 0 Å². The smallest absolute Gasteiger partial charge is 0.257 e. The number of halogens is 1. The predicted molar refractivity (Wildman–Crippen MR) is 88.1 cm³/mol. The van der Waals surface area contributed by atoms with Crippen molar-refractivity contribution < 1.29 is 9.90 Å². The van der Waals surface area contributed by atoms with Gasteiger partial charge in [0, 0.05) is 22.7 Å². The zero-order valence-corrected chi connectivity index (χ0v) is 14.1. The Hall–Kier alpha value is -0.820. The van der Waals surface area contributed by atoms with Crippen molar-refractivity contribution in [2.75, 3.05) is 26.2 Å². The van der Waals surface area contributed by atoms with E-state index in [0.717, 1.165) is 36.2 Å². The predicted octanol–water partition coefficient (Wildman–Crippen LogP) is 2.55. The van der Waals surface area contributed by atoms with Crippen molar-refractivity contribution >= 4 is 28.5 Å². The molecule has 0 aromatic heterocycles. The number of nitrogens with zero attached hydrogens (tertiary/aromatic N) is 2. The molecule has 1 amide bonds. The number of aromatic hydroxyl groups is 1. The van der Waals surface area contributed by atoms with Gasteiger partial charge in [-0.05, 0) is 60.3 Å². The van der Waals surface area contributed by atoms with E-state index >= 15 is 0 Å². The molecule has 1 unspecified atom stereocenters. The molecule has 1 fully saturated rings. The number of hydrogen-bond acceptors (Lipinski definition) is 3. The highest BCUT2D eigenvalue weighted by atomic mass is 127. The number of phenols is 1. The molecular weight excluding hydrogens is 367 g/mol. The fourth-order valence-electron chi connectivity index (χ4n) is 2.81. The van der Waals surface area contributed by atoms with Gasteiger partial charge in [-0.3, -0.25) is 9.69 Å². The second-order valence-corrected chi connectivity index (χ2v) is 6.32. The Bertz CT molecular complexity index is 489. The second kappa shape index (κ2) is 6.76. The summed E-state index contributed by atoms with van der Waals surface area (Å²) in [6.45, 7) is 7.85. The summed E-state index contributed by atoms with van der Waals surface area (Å²) in [5.41, 5.74) is 0.414. The molecule has 5 heteroatoms. The van der Waals surface area contributed by atoms with Crippen LogP contribution in [0.15, 0.2) is 18.2 Å². The summed E-state index contributed by atoms with van der Waals surface area (Å²) in [6.07, 6.45) is 1.01. The van der Waals surface area contributed by atoms with Crippen molar-refractivity contribution in [2.24, 2.45) is 0 Å². The second-order valence-electron chi connectivity index (χ2n) is 5.08. The first-order chi connectivity index (χ1) is 9.56. The number of carbonyl (C=O) groups excluding carboxylic acids is 1. The van der Waals surface area contributed by atoms with E-state index in [1.165, 1.54) is 0 Å². The molecule has 1 N–H and O–H groups in total. The molecule has 110 valence electrons. The first-order valence-electron chi connectivity index (χ1n) is 7.08. The molecule has 1 aliphatic heterocycles. The van der Waals surface area contributed by atoms with E-state index in [0.29, 0.717) is 11.6 Å². The molecule has 1 heterocycles. The van der Waals surface area contributed by atoms with Crippen LogP contribution in [-0.4, -0.2) is 53.0 Å². The molecule has 1 aromatic carbocycles. The van der Waals surface area contributed by atoms with Crippen molar-refractivity contribution in [2.45, 2.75) is 26.3 Å². The van der Waals surface area contributed by atoms with Crippen molar-refractivity contribution in [1.29, 1.82) is 0 Å². The summed E-state index contributed by atoms with van der Waals surface area (Å²) in [5.74, 6) is 0.0115. The molecule has 1 aromatic rings. The highest BCUT2D eigenvalue weighted by Crippen LogP contribution is 2.24. The molecular formula is C15H21IN2O2.